The van der Waals surface area contributed by atoms with Gasteiger partial charge in [-0.05, 0) is 36.8 Å². The monoisotopic (exact) mass is 443 g/mol. The summed E-state index contributed by atoms with van der Waals surface area (Å²) in [4.78, 5) is 17.8. The van der Waals surface area contributed by atoms with Gasteiger partial charge in [0, 0.05) is 25.2 Å². The minimum atomic E-state index is -3.63. The molecule has 8 heteroatoms. The van der Waals surface area contributed by atoms with Gasteiger partial charge in [0.1, 0.15) is 4.88 Å². The summed E-state index contributed by atoms with van der Waals surface area (Å²) in [7, 11) is -2.08. The highest BCUT2D eigenvalue weighted by molar-refractivity contribution is 7.89. The number of sulfonamides is 1. The van der Waals surface area contributed by atoms with Gasteiger partial charge < -0.3 is 5.32 Å². The van der Waals surface area contributed by atoms with E-state index in [0.717, 1.165) is 10.6 Å². The van der Waals surface area contributed by atoms with Crippen molar-refractivity contribution in [1.29, 1.82) is 0 Å². The van der Waals surface area contributed by atoms with Crippen LogP contribution in [0.1, 0.15) is 45.7 Å². The van der Waals surface area contributed by atoms with Gasteiger partial charge in [0.15, 0.2) is 0 Å². The van der Waals surface area contributed by atoms with Gasteiger partial charge in [-0.25, -0.2) is 13.4 Å². The molecule has 6 nitrogen and oxygen atoms in total. The normalized spacial score (nSPS) is 11.8. The van der Waals surface area contributed by atoms with Crippen LogP contribution >= 0.6 is 11.3 Å². The van der Waals surface area contributed by atoms with Gasteiger partial charge >= 0.3 is 0 Å². The molecule has 0 aliphatic carbocycles. The van der Waals surface area contributed by atoms with Crippen molar-refractivity contribution in [1.82, 2.24) is 9.29 Å². The standard InChI is InChI=1S/C22H25N3O3S2/c1-15(2)22-23-16(3)20(29-22)21(26)24-18-10-12-19(13-11-18)30(27,28)25(4)14-17-8-6-5-7-9-17/h5-13,15H,14H2,1-4H3,(H,24,26). The predicted molar refractivity (Wildman–Crippen MR) is 120 cm³/mol. The van der Waals surface area contributed by atoms with Crippen LogP contribution in [-0.4, -0.2) is 30.7 Å². The van der Waals surface area contributed by atoms with Gasteiger partial charge in [0.25, 0.3) is 5.91 Å². The van der Waals surface area contributed by atoms with Crippen molar-refractivity contribution in [2.24, 2.45) is 0 Å². The molecule has 0 radical (unpaired) electrons. The summed E-state index contributed by atoms with van der Waals surface area (Å²) in [5, 5.41) is 3.74. The lowest BCUT2D eigenvalue weighted by molar-refractivity contribution is 0.103. The van der Waals surface area contributed by atoms with Crippen molar-refractivity contribution in [2.45, 2.75) is 38.1 Å². The highest BCUT2D eigenvalue weighted by Crippen LogP contribution is 2.26. The maximum atomic E-state index is 12.8. The second-order valence-electron chi connectivity index (χ2n) is 7.35. The number of amides is 1. The fourth-order valence-corrected chi connectivity index (χ4v) is 5.00. The number of nitrogens with one attached hydrogen (secondary N) is 1. The van der Waals surface area contributed by atoms with Crippen LogP contribution in [-0.2, 0) is 16.6 Å². The topological polar surface area (TPSA) is 79.4 Å². The minimum Gasteiger partial charge on any atom is -0.321 e. The van der Waals surface area contributed by atoms with Gasteiger partial charge in [-0.15, -0.1) is 11.3 Å². The molecule has 0 aliphatic rings. The molecule has 1 aromatic heterocycles. The quantitative estimate of drug-likeness (QED) is 0.577. The molecular formula is C22H25N3O3S2. The molecular weight excluding hydrogens is 418 g/mol. The van der Waals surface area contributed by atoms with Crippen LogP contribution in [0, 0.1) is 6.92 Å². The van der Waals surface area contributed by atoms with Crippen LogP contribution in [0.25, 0.3) is 0 Å². The maximum absolute atomic E-state index is 12.8. The Kier molecular flexibility index (Phi) is 6.70. The van der Waals surface area contributed by atoms with E-state index in [0.29, 0.717) is 16.3 Å². The number of hydrogen-bond donors (Lipinski definition) is 1. The second kappa shape index (κ2) is 9.07. The summed E-state index contributed by atoms with van der Waals surface area (Å²) >= 11 is 1.38. The molecule has 1 N–H and O–H groups in total. The molecule has 30 heavy (non-hydrogen) atoms. The molecule has 0 bridgehead atoms. The van der Waals surface area contributed by atoms with E-state index in [9.17, 15) is 13.2 Å². The van der Waals surface area contributed by atoms with Crippen LogP contribution in [0.4, 0.5) is 5.69 Å². The first-order valence-electron chi connectivity index (χ1n) is 9.57. The Hall–Kier alpha value is -2.55. The first kappa shape index (κ1) is 22.1. The van der Waals surface area contributed by atoms with E-state index in [4.69, 9.17) is 0 Å². The third-order valence-corrected chi connectivity index (χ3v) is 7.86. The molecule has 3 rings (SSSR count). The number of nitrogens with zero attached hydrogens (tertiary/aromatic N) is 2. The summed E-state index contributed by atoms with van der Waals surface area (Å²) in [6.07, 6.45) is 0. The first-order valence-corrected chi connectivity index (χ1v) is 11.8. The van der Waals surface area contributed by atoms with Gasteiger partial charge in [-0.1, -0.05) is 44.2 Å². The van der Waals surface area contributed by atoms with Gasteiger partial charge in [-0.3, -0.25) is 4.79 Å². The van der Waals surface area contributed by atoms with E-state index in [1.54, 1.807) is 19.2 Å². The first-order chi connectivity index (χ1) is 14.2. The Labute approximate surface area is 181 Å². The SMILES string of the molecule is Cc1nc(C(C)C)sc1C(=O)Nc1ccc(S(=O)(=O)N(C)Cc2ccccc2)cc1. The zero-order valence-electron chi connectivity index (χ0n) is 17.4. The summed E-state index contributed by atoms with van der Waals surface area (Å²) in [6, 6.07) is 15.6. The van der Waals surface area contributed by atoms with Crippen molar-refractivity contribution in [3.8, 4) is 0 Å². The summed E-state index contributed by atoms with van der Waals surface area (Å²) in [6.45, 7) is 6.17. The lowest BCUT2D eigenvalue weighted by atomic mass is 10.2. The molecule has 0 aliphatic heterocycles. The molecule has 0 unspecified atom stereocenters. The van der Waals surface area contributed by atoms with Crippen molar-refractivity contribution >= 4 is 33.0 Å². The van der Waals surface area contributed by atoms with Crippen LogP contribution in [0.5, 0.6) is 0 Å². The highest BCUT2D eigenvalue weighted by atomic mass is 32.2. The molecule has 2 aromatic carbocycles. The van der Waals surface area contributed by atoms with Crippen molar-refractivity contribution < 1.29 is 13.2 Å². The third-order valence-electron chi connectivity index (χ3n) is 4.58. The van der Waals surface area contributed by atoms with E-state index in [1.165, 1.54) is 27.8 Å². The minimum absolute atomic E-state index is 0.176. The molecule has 0 atom stereocenters. The largest absolute Gasteiger partial charge is 0.321 e. The molecule has 3 aromatic rings. The van der Waals surface area contributed by atoms with Gasteiger partial charge in [-0.2, -0.15) is 4.31 Å². The van der Waals surface area contributed by atoms with Crippen molar-refractivity contribution in [3.05, 3.63) is 75.7 Å². The highest BCUT2D eigenvalue weighted by Gasteiger charge is 2.21. The predicted octanol–water partition coefficient (Wildman–Crippen LogP) is 4.65. The van der Waals surface area contributed by atoms with E-state index in [2.05, 4.69) is 10.3 Å². The zero-order valence-corrected chi connectivity index (χ0v) is 19.0. The Bertz CT molecular complexity index is 1120. The summed E-state index contributed by atoms with van der Waals surface area (Å²) in [5.41, 5.74) is 2.14. The summed E-state index contributed by atoms with van der Waals surface area (Å²) in [5.74, 6) is 0.0151. The third kappa shape index (κ3) is 4.95. The number of anilines is 1. The summed E-state index contributed by atoms with van der Waals surface area (Å²) < 4.78 is 27.0. The van der Waals surface area contributed by atoms with E-state index in [-0.39, 0.29) is 23.3 Å². The van der Waals surface area contributed by atoms with Crippen molar-refractivity contribution in [3.63, 3.8) is 0 Å². The van der Waals surface area contributed by atoms with Crippen molar-refractivity contribution in [2.75, 3.05) is 12.4 Å². The Morgan fingerprint density at radius 1 is 1.10 bits per heavy atom. The molecule has 0 spiro atoms. The zero-order chi connectivity index (χ0) is 21.9. The number of aryl methyl sites for hydroxylation is 1. The molecule has 0 saturated heterocycles. The number of carbonyl (C=O) groups excluding carboxylic acids is 1. The van der Waals surface area contributed by atoms with Crippen LogP contribution in [0.15, 0.2) is 59.5 Å². The Balaban J connectivity index is 1.72. The van der Waals surface area contributed by atoms with Gasteiger partial charge in [0.05, 0.1) is 15.6 Å². The smallest absolute Gasteiger partial charge is 0.267 e. The maximum Gasteiger partial charge on any atom is 0.267 e. The molecule has 158 valence electrons. The Morgan fingerprint density at radius 2 is 1.73 bits per heavy atom. The van der Waals surface area contributed by atoms with Gasteiger partial charge in [0.2, 0.25) is 10.0 Å². The van der Waals surface area contributed by atoms with E-state index >= 15 is 0 Å². The van der Waals surface area contributed by atoms with E-state index < -0.39 is 10.0 Å². The lowest BCUT2D eigenvalue weighted by Gasteiger charge is -2.17. The molecule has 1 heterocycles. The average Bonchev–Trinajstić information content (AvgIpc) is 3.11. The fourth-order valence-electron chi connectivity index (χ4n) is 2.88. The average molecular weight is 444 g/mol. The molecule has 0 saturated carbocycles. The Morgan fingerprint density at radius 3 is 2.30 bits per heavy atom. The fraction of sp³-hybridized carbons (Fsp3) is 0.273. The van der Waals surface area contributed by atoms with Crippen LogP contribution in [0.3, 0.4) is 0 Å². The number of benzene rings is 2. The second-order valence-corrected chi connectivity index (χ2v) is 10.4. The number of carbonyl (C=O) groups is 1. The van der Waals surface area contributed by atoms with Crippen LogP contribution in [0.2, 0.25) is 0 Å². The number of hydrogen-bond acceptors (Lipinski definition) is 5. The molecule has 0 fully saturated rings. The van der Waals surface area contributed by atoms with E-state index in [1.807, 2.05) is 51.1 Å². The number of thiazole rings is 1. The number of aromatic nitrogens is 1. The number of rotatable bonds is 7. The molecule has 1 amide bonds. The van der Waals surface area contributed by atoms with Crippen LogP contribution < -0.4 is 5.32 Å². The lowest BCUT2D eigenvalue weighted by Crippen LogP contribution is -2.26.